The second kappa shape index (κ2) is 8.51. The molecule has 0 radical (unpaired) electrons. The van der Waals surface area contributed by atoms with Crippen LogP contribution in [0.2, 0.25) is 0 Å². The minimum Gasteiger partial charge on any atom is -0.340 e. The first kappa shape index (κ1) is 21.4. The molecule has 0 spiro atoms. The molecule has 2 saturated heterocycles. The molecular weight excluding hydrogens is 422 g/mol. The van der Waals surface area contributed by atoms with Gasteiger partial charge in [-0.2, -0.15) is 0 Å². The Kier molecular flexibility index (Phi) is 5.53. The number of likely N-dealkylation sites (tertiary alicyclic amines) is 1. The number of nitrogens with one attached hydrogen (secondary N) is 1. The number of aromatic nitrogens is 2. The Balaban J connectivity index is 1.11. The van der Waals surface area contributed by atoms with Gasteiger partial charge in [0.1, 0.15) is 5.82 Å². The Bertz CT molecular complexity index is 1070. The predicted molar refractivity (Wildman–Crippen MR) is 121 cm³/mol. The number of fused-ring (bicyclic) bond motifs is 1. The van der Waals surface area contributed by atoms with Gasteiger partial charge in [0.05, 0.1) is 24.4 Å². The van der Waals surface area contributed by atoms with Gasteiger partial charge in [0, 0.05) is 45.0 Å². The lowest BCUT2D eigenvalue weighted by Crippen LogP contribution is -2.56. The third-order valence-corrected chi connectivity index (χ3v) is 6.77. The fourth-order valence-electron chi connectivity index (χ4n) is 4.82. The molecule has 5 rings (SSSR count). The Hall–Kier alpha value is -3.40. The lowest BCUT2D eigenvalue weighted by Gasteiger charge is -2.39. The second-order valence-corrected chi connectivity index (χ2v) is 8.98. The quantitative estimate of drug-likeness (QED) is 0.769. The fraction of sp³-hybridized carbons (Fsp3) is 0.478. The van der Waals surface area contributed by atoms with Crippen LogP contribution >= 0.6 is 0 Å². The van der Waals surface area contributed by atoms with Gasteiger partial charge in [-0.3, -0.25) is 9.80 Å². The molecule has 1 unspecified atom stereocenters. The summed E-state index contributed by atoms with van der Waals surface area (Å²) in [5.41, 5.74) is 2.78. The van der Waals surface area contributed by atoms with E-state index in [1.807, 2.05) is 48.0 Å². The zero-order chi connectivity index (χ0) is 23.1. The zero-order valence-electron chi connectivity index (χ0n) is 19.0. The summed E-state index contributed by atoms with van der Waals surface area (Å²) in [5.74, 6) is 0.617. The van der Waals surface area contributed by atoms with Gasteiger partial charge in [0.25, 0.3) is 0 Å². The van der Waals surface area contributed by atoms with Gasteiger partial charge in [-0.1, -0.05) is 17.7 Å². The number of amides is 4. The number of rotatable bonds is 3. The van der Waals surface area contributed by atoms with Crippen LogP contribution < -0.4 is 5.32 Å². The van der Waals surface area contributed by atoms with Crippen LogP contribution in [0.25, 0.3) is 0 Å². The van der Waals surface area contributed by atoms with Crippen molar-refractivity contribution in [1.82, 2.24) is 29.4 Å². The highest BCUT2D eigenvalue weighted by atomic mass is 16.2. The van der Waals surface area contributed by atoms with Gasteiger partial charge in [-0.15, -0.1) is 0 Å². The van der Waals surface area contributed by atoms with Crippen LogP contribution in [0, 0.1) is 19.8 Å². The van der Waals surface area contributed by atoms with E-state index in [1.165, 1.54) is 0 Å². The van der Waals surface area contributed by atoms with Gasteiger partial charge >= 0.3 is 12.1 Å². The topological polar surface area (TPSA) is 94.0 Å². The first-order chi connectivity index (χ1) is 15.9. The van der Waals surface area contributed by atoms with E-state index in [-0.39, 0.29) is 23.9 Å². The van der Waals surface area contributed by atoms with Crippen molar-refractivity contribution in [2.24, 2.45) is 5.92 Å². The van der Waals surface area contributed by atoms with Gasteiger partial charge in [-0.05, 0) is 32.4 Å². The van der Waals surface area contributed by atoms with E-state index in [9.17, 15) is 14.4 Å². The number of hydrazine groups is 1. The lowest BCUT2D eigenvalue weighted by atomic mass is 10.1. The van der Waals surface area contributed by atoms with Gasteiger partial charge < -0.3 is 15.1 Å². The van der Waals surface area contributed by atoms with Crippen molar-refractivity contribution in [3.63, 3.8) is 0 Å². The maximum absolute atomic E-state index is 13.1. The Morgan fingerprint density at radius 2 is 1.73 bits per heavy atom. The van der Waals surface area contributed by atoms with E-state index >= 15 is 0 Å². The van der Waals surface area contributed by atoms with Crippen LogP contribution in [0.3, 0.4) is 0 Å². The summed E-state index contributed by atoms with van der Waals surface area (Å²) in [6.45, 7) is 7.71. The molecule has 10 heteroatoms. The van der Waals surface area contributed by atoms with Crippen molar-refractivity contribution < 1.29 is 14.4 Å². The standard InChI is InChI=1S/C23H29N7O3/c1-16-3-5-19(6-4-16)25-22(32)27-8-7-18(14-27)21(31)26-9-11-28(12-10-26)29-15-20-13-24-17(2)30(20)23(29)33/h3-6,13,18H,7-12,14-15H2,1-2H3,(H,25,32). The SMILES string of the molecule is Cc1ccc(NC(=O)N2CCC(C(=O)N3CCN(N4Cc5cnc(C)n5C4=O)CC3)C2)cc1. The molecule has 0 saturated carbocycles. The largest absolute Gasteiger partial charge is 0.344 e. The molecule has 0 bridgehead atoms. The van der Waals surface area contributed by atoms with E-state index in [2.05, 4.69) is 10.3 Å². The Morgan fingerprint density at radius 1 is 1.00 bits per heavy atom. The maximum Gasteiger partial charge on any atom is 0.344 e. The van der Waals surface area contributed by atoms with Crippen LogP contribution in [-0.4, -0.2) is 86.6 Å². The molecule has 1 aromatic heterocycles. The van der Waals surface area contributed by atoms with E-state index in [4.69, 9.17) is 0 Å². The maximum atomic E-state index is 13.1. The number of hydrogen-bond donors (Lipinski definition) is 1. The summed E-state index contributed by atoms with van der Waals surface area (Å²) in [7, 11) is 0. The summed E-state index contributed by atoms with van der Waals surface area (Å²) in [4.78, 5) is 46.2. The molecule has 4 heterocycles. The number of aryl methyl sites for hydroxylation is 2. The summed E-state index contributed by atoms with van der Waals surface area (Å²) in [5, 5.41) is 6.68. The minimum atomic E-state index is -0.178. The van der Waals surface area contributed by atoms with E-state index < -0.39 is 0 Å². The highest BCUT2D eigenvalue weighted by Crippen LogP contribution is 2.24. The normalized spacial score (nSPS) is 21.0. The molecule has 3 aliphatic heterocycles. The number of nitrogens with zero attached hydrogens (tertiary/aromatic N) is 6. The van der Waals surface area contributed by atoms with Crippen molar-refractivity contribution >= 4 is 23.7 Å². The number of carbonyl (C=O) groups excluding carboxylic acids is 3. The van der Waals surface area contributed by atoms with Crippen molar-refractivity contribution in [1.29, 1.82) is 0 Å². The molecule has 4 amide bonds. The van der Waals surface area contributed by atoms with Crippen LogP contribution in [0.5, 0.6) is 0 Å². The third-order valence-electron chi connectivity index (χ3n) is 6.77. The molecule has 3 aliphatic rings. The number of urea groups is 1. The first-order valence-electron chi connectivity index (χ1n) is 11.4. The first-order valence-corrected chi connectivity index (χ1v) is 11.4. The van der Waals surface area contributed by atoms with Crippen molar-refractivity contribution in [2.45, 2.75) is 26.8 Å². The molecule has 10 nitrogen and oxygen atoms in total. The highest BCUT2D eigenvalue weighted by Gasteiger charge is 2.38. The number of anilines is 1. The van der Waals surface area contributed by atoms with Crippen LogP contribution in [-0.2, 0) is 11.3 Å². The molecule has 174 valence electrons. The van der Waals surface area contributed by atoms with Gasteiger partial charge in [0.15, 0.2) is 0 Å². The summed E-state index contributed by atoms with van der Waals surface area (Å²) >= 11 is 0. The molecule has 2 aromatic rings. The van der Waals surface area contributed by atoms with Crippen molar-refractivity contribution in [3.8, 4) is 0 Å². The van der Waals surface area contributed by atoms with Gasteiger partial charge in [-0.25, -0.2) is 24.1 Å². The fourth-order valence-corrected chi connectivity index (χ4v) is 4.82. The molecule has 33 heavy (non-hydrogen) atoms. The minimum absolute atomic E-state index is 0.0780. The second-order valence-electron chi connectivity index (χ2n) is 8.98. The number of benzene rings is 1. The lowest BCUT2D eigenvalue weighted by molar-refractivity contribution is -0.139. The molecular formula is C23H29N7O3. The third kappa shape index (κ3) is 4.06. The van der Waals surface area contributed by atoms with E-state index in [0.717, 1.165) is 16.9 Å². The van der Waals surface area contributed by atoms with E-state index in [0.29, 0.717) is 58.1 Å². The predicted octanol–water partition coefficient (Wildman–Crippen LogP) is 1.90. The molecule has 2 fully saturated rings. The van der Waals surface area contributed by atoms with Crippen LogP contribution in [0.4, 0.5) is 15.3 Å². The number of piperazine rings is 1. The van der Waals surface area contributed by atoms with E-state index in [1.54, 1.807) is 20.7 Å². The summed E-state index contributed by atoms with van der Waals surface area (Å²) < 4.78 is 1.65. The Labute approximate surface area is 192 Å². The average Bonchev–Trinajstić information content (AvgIpc) is 3.53. The highest BCUT2D eigenvalue weighted by molar-refractivity contribution is 5.90. The summed E-state index contributed by atoms with van der Waals surface area (Å²) in [6.07, 6.45) is 2.42. The number of carbonyl (C=O) groups is 3. The molecule has 1 atom stereocenters. The van der Waals surface area contributed by atoms with Crippen molar-refractivity contribution in [3.05, 3.63) is 47.5 Å². The number of hydrogen-bond acceptors (Lipinski definition) is 5. The van der Waals surface area contributed by atoms with Crippen molar-refractivity contribution in [2.75, 3.05) is 44.6 Å². The molecule has 0 aliphatic carbocycles. The smallest absolute Gasteiger partial charge is 0.340 e. The molecule has 1 N–H and O–H groups in total. The molecule has 1 aromatic carbocycles. The van der Waals surface area contributed by atoms with Crippen LogP contribution in [0.1, 0.15) is 23.5 Å². The Morgan fingerprint density at radius 3 is 2.42 bits per heavy atom. The summed E-state index contributed by atoms with van der Waals surface area (Å²) in [6, 6.07) is 7.43. The van der Waals surface area contributed by atoms with Gasteiger partial charge in [0.2, 0.25) is 5.91 Å². The zero-order valence-corrected chi connectivity index (χ0v) is 19.0. The van der Waals surface area contributed by atoms with Crippen LogP contribution in [0.15, 0.2) is 30.5 Å². The average molecular weight is 452 g/mol. The number of imidazole rings is 1. The monoisotopic (exact) mass is 451 g/mol.